The summed E-state index contributed by atoms with van der Waals surface area (Å²) in [6.07, 6.45) is 0.0130. The van der Waals surface area contributed by atoms with Gasteiger partial charge < -0.3 is 35.5 Å². The number of esters is 2. The number of carbonyl (C=O) groups excluding carboxylic acids is 6. The van der Waals surface area contributed by atoms with Gasteiger partial charge in [-0.3, -0.25) is 24.0 Å². The van der Waals surface area contributed by atoms with Crippen LogP contribution in [-0.4, -0.2) is 85.8 Å². The van der Waals surface area contributed by atoms with Gasteiger partial charge in [0.1, 0.15) is 35.9 Å². The molecule has 4 N–H and O–H groups in total. The van der Waals surface area contributed by atoms with Crippen LogP contribution < -0.4 is 21.3 Å². The molecule has 3 aromatic carbocycles. The summed E-state index contributed by atoms with van der Waals surface area (Å²) in [4.78, 5) is 81.1. The molecule has 0 heterocycles. The first-order valence-electron chi connectivity index (χ1n) is 19.6. The molecule has 4 unspecified atom stereocenters. The maximum absolute atomic E-state index is 14.4. The lowest BCUT2D eigenvalue weighted by molar-refractivity contribution is -0.157. The molecule has 4 amide bonds. The van der Waals surface area contributed by atoms with Crippen molar-refractivity contribution in [3.63, 3.8) is 0 Å². The third kappa shape index (κ3) is 17.6. The summed E-state index contributed by atoms with van der Waals surface area (Å²) in [5.74, 6) is -4.50. The predicted molar refractivity (Wildman–Crippen MR) is 227 cm³/mol. The Morgan fingerprint density at radius 3 is 1.83 bits per heavy atom. The first kappa shape index (κ1) is 48.6. The van der Waals surface area contributed by atoms with E-state index in [1.807, 2.05) is 30.3 Å². The van der Waals surface area contributed by atoms with Gasteiger partial charge in [-0.15, -0.1) is 0 Å². The van der Waals surface area contributed by atoms with Gasteiger partial charge in [0, 0.05) is 18.1 Å². The van der Waals surface area contributed by atoms with Crippen LogP contribution in [0.25, 0.3) is 10.8 Å². The molecule has 3 rings (SSSR count). The zero-order valence-corrected chi connectivity index (χ0v) is 36.5. The SMILES string of the molecule is CC(C)C(NC(=O)C(Cc1cccc2ccccc12)NC(=O)C(CC(=O)OC(C)(C)C)NC(=O)OCc1ccccc1)C(=O)NC(C=CS(C)(=O)=O)CC(=O)OC(C)(C)C. The van der Waals surface area contributed by atoms with Crippen molar-refractivity contribution < 1.29 is 51.4 Å². The Kier molecular flexibility index (Phi) is 17.4. The molecule has 16 heteroatoms. The number of ether oxygens (including phenoxy) is 3. The Labute approximate surface area is 352 Å². The second-order valence-electron chi connectivity index (χ2n) is 16.7. The summed E-state index contributed by atoms with van der Waals surface area (Å²) >= 11 is 0. The number of fused-ring (bicyclic) bond motifs is 1. The molecule has 0 bridgehead atoms. The summed E-state index contributed by atoms with van der Waals surface area (Å²) in [6.45, 7) is 13.1. The van der Waals surface area contributed by atoms with Crippen molar-refractivity contribution in [3.8, 4) is 0 Å². The molecule has 0 fully saturated rings. The lowest BCUT2D eigenvalue weighted by atomic mass is 9.97. The van der Waals surface area contributed by atoms with Crippen LogP contribution >= 0.6 is 0 Å². The van der Waals surface area contributed by atoms with Crippen molar-refractivity contribution in [2.75, 3.05) is 6.26 Å². The lowest BCUT2D eigenvalue weighted by Gasteiger charge is -2.28. The molecule has 326 valence electrons. The fourth-order valence-electron chi connectivity index (χ4n) is 5.87. The van der Waals surface area contributed by atoms with Crippen LogP contribution in [0.3, 0.4) is 0 Å². The Bertz CT molecular complexity index is 2120. The van der Waals surface area contributed by atoms with E-state index in [2.05, 4.69) is 21.3 Å². The first-order chi connectivity index (χ1) is 27.9. The third-order valence-electron chi connectivity index (χ3n) is 8.49. The molecule has 0 saturated carbocycles. The van der Waals surface area contributed by atoms with Crippen LogP contribution in [0.1, 0.15) is 79.4 Å². The average molecular weight is 851 g/mol. The van der Waals surface area contributed by atoms with Crippen molar-refractivity contribution in [3.05, 3.63) is 95.4 Å². The van der Waals surface area contributed by atoms with E-state index in [9.17, 15) is 37.2 Å². The maximum Gasteiger partial charge on any atom is 0.408 e. The van der Waals surface area contributed by atoms with Crippen LogP contribution in [0.5, 0.6) is 0 Å². The van der Waals surface area contributed by atoms with Crippen LogP contribution in [0.15, 0.2) is 84.3 Å². The van der Waals surface area contributed by atoms with E-state index in [0.29, 0.717) is 11.1 Å². The number of amides is 4. The highest BCUT2D eigenvalue weighted by atomic mass is 32.2. The van der Waals surface area contributed by atoms with E-state index >= 15 is 0 Å². The number of carbonyl (C=O) groups is 6. The van der Waals surface area contributed by atoms with Gasteiger partial charge in [-0.2, -0.15) is 0 Å². The standard InChI is InChI=1S/C44H58N4O11S/c1-28(2)38(41(53)45-32(22-23-60(9,55)56)25-36(49)58-43(3,4)5)48-40(52)34(24-31-20-15-19-30-18-13-14-21-33(30)31)46-39(51)35(26-37(50)59-44(6,7)8)47-42(54)57-27-29-16-11-10-12-17-29/h10-23,28,32,34-35,38H,24-27H2,1-9H3,(H,45,53)(H,46,51)(H,47,54)(H,48,52). The molecule has 0 saturated heterocycles. The van der Waals surface area contributed by atoms with Crippen molar-refractivity contribution in [1.82, 2.24) is 21.3 Å². The summed E-state index contributed by atoms with van der Waals surface area (Å²) in [7, 11) is -3.65. The fourth-order valence-corrected chi connectivity index (χ4v) is 6.34. The normalized spacial score (nSPS) is 14.0. The molecule has 0 spiro atoms. The number of benzene rings is 3. The van der Waals surface area contributed by atoms with Gasteiger partial charge in [0.2, 0.25) is 17.7 Å². The first-order valence-corrected chi connectivity index (χ1v) is 21.5. The molecular weight excluding hydrogens is 793 g/mol. The summed E-state index contributed by atoms with van der Waals surface area (Å²) in [5.41, 5.74) is -0.421. The van der Waals surface area contributed by atoms with Gasteiger partial charge >= 0.3 is 18.0 Å². The molecule has 4 atom stereocenters. The summed E-state index contributed by atoms with van der Waals surface area (Å²) < 4.78 is 40.1. The van der Waals surface area contributed by atoms with E-state index in [1.165, 1.54) is 0 Å². The zero-order chi connectivity index (χ0) is 44.8. The van der Waals surface area contributed by atoms with Crippen LogP contribution in [0.2, 0.25) is 0 Å². The van der Waals surface area contributed by atoms with Gasteiger partial charge in [0.15, 0.2) is 9.84 Å². The van der Waals surface area contributed by atoms with Crippen molar-refractivity contribution in [1.29, 1.82) is 0 Å². The molecule has 0 aliphatic carbocycles. The smallest absolute Gasteiger partial charge is 0.408 e. The van der Waals surface area contributed by atoms with Crippen molar-refractivity contribution in [2.45, 2.75) is 117 Å². The zero-order valence-electron chi connectivity index (χ0n) is 35.7. The van der Waals surface area contributed by atoms with Gasteiger partial charge in [-0.1, -0.05) is 92.7 Å². The number of hydrogen-bond acceptors (Lipinski definition) is 11. The fraction of sp³-hybridized carbons (Fsp3) is 0.455. The van der Waals surface area contributed by atoms with Crippen LogP contribution in [0.4, 0.5) is 4.79 Å². The minimum absolute atomic E-state index is 0.0820. The molecule has 15 nitrogen and oxygen atoms in total. The monoisotopic (exact) mass is 850 g/mol. The van der Waals surface area contributed by atoms with E-state index in [0.717, 1.165) is 28.5 Å². The number of rotatable bonds is 18. The highest BCUT2D eigenvalue weighted by Gasteiger charge is 2.34. The minimum atomic E-state index is -3.65. The Balaban J connectivity index is 1.96. The molecule has 0 aliphatic rings. The number of hydrogen-bond donors (Lipinski definition) is 4. The molecule has 0 radical (unpaired) electrons. The van der Waals surface area contributed by atoms with Gasteiger partial charge in [-0.25, -0.2) is 13.2 Å². The Morgan fingerprint density at radius 2 is 1.23 bits per heavy atom. The second-order valence-corrected chi connectivity index (χ2v) is 18.7. The molecule has 60 heavy (non-hydrogen) atoms. The number of alkyl carbamates (subject to hydrolysis) is 1. The third-order valence-corrected chi connectivity index (χ3v) is 9.14. The van der Waals surface area contributed by atoms with E-state index in [1.54, 1.807) is 97.9 Å². The van der Waals surface area contributed by atoms with E-state index in [-0.39, 0.29) is 13.0 Å². The van der Waals surface area contributed by atoms with Crippen molar-refractivity contribution >= 4 is 56.4 Å². The quantitative estimate of drug-likeness (QED) is 0.101. The largest absolute Gasteiger partial charge is 0.460 e. The number of nitrogens with one attached hydrogen (secondary N) is 4. The topological polar surface area (TPSA) is 212 Å². The van der Waals surface area contributed by atoms with Gasteiger partial charge in [-0.05, 0) is 69.4 Å². The summed E-state index contributed by atoms with van der Waals surface area (Å²) in [6, 6.07) is 16.4. The highest BCUT2D eigenvalue weighted by molar-refractivity contribution is 7.93. The molecule has 0 aliphatic heterocycles. The average Bonchev–Trinajstić information content (AvgIpc) is 3.13. The van der Waals surface area contributed by atoms with Crippen molar-refractivity contribution in [2.24, 2.45) is 5.92 Å². The van der Waals surface area contributed by atoms with Crippen LogP contribution in [0, 0.1) is 5.92 Å². The van der Waals surface area contributed by atoms with E-state index in [4.69, 9.17) is 14.2 Å². The Hall–Kier alpha value is -5.77. The summed E-state index contributed by atoms with van der Waals surface area (Å²) in [5, 5.41) is 13.0. The molecule has 0 aromatic heterocycles. The second kappa shape index (κ2) is 21.5. The molecular formula is C44H58N4O11S. The van der Waals surface area contributed by atoms with Crippen LogP contribution in [-0.2, 0) is 61.0 Å². The molecule has 3 aromatic rings. The van der Waals surface area contributed by atoms with Gasteiger partial charge in [0.25, 0.3) is 0 Å². The minimum Gasteiger partial charge on any atom is -0.460 e. The Morgan fingerprint density at radius 1 is 0.667 bits per heavy atom. The lowest BCUT2D eigenvalue weighted by Crippen LogP contribution is -2.59. The van der Waals surface area contributed by atoms with E-state index < -0.39 is 99.7 Å². The maximum atomic E-state index is 14.4. The number of sulfone groups is 1. The predicted octanol–water partition coefficient (Wildman–Crippen LogP) is 4.81. The highest BCUT2D eigenvalue weighted by Crippen LogP contribution is 2.21. The van der Waals surface area contributed by atoms with Gasteiger partial charge in [0.05, 0.1) is 18.9 Å².